The third-order valence-corrected chi connectivity index (χ3v) is 7.54. The van der Waals surface area contributed by atoms with Crippen LogP contribution in [0.25, 0.3) is 5.69 Å². The smallest absolute Gasteiger partial charge is 0.243 e. The minimum absolute atomic E-state index is 0.0618. The highest BCUT2D eigenvalue weighted by atomic mass is 32.2. The summed E-state index contributed by atoms with van der Waals surface area (Å²) in [5.74, 6) is -0.0863. The van der Waals surface area contributed by atoms with Gasteiger partial charge in [0.25, 0.3) is 0 Å². The average Bonchev–Trinajstić information content (AvgIpc) is 3.46. The van der Waals surface area contributed by atoms with Crippen molar-refractivity contribution in [2.75, 3.05) is 24.2 Å². The van der Waals surface area contributed by atoms with E-state index >= 15 is 0 Å². The number of rotatable bonds is 7. The Kier molecular flexibility index (Phi) is 6.20. The van der Waals surface area contributed by atoms with Gasteiger partial charge in [-0.2, -0.15) is 8.99 Å². The first-order valence-corrected chi connectivity index (χ1v) is 12.0. The van der Waals surface area contributed by atoms with Gasteiger partial charge in [-0.25, -0.2) is 8.42 Å². The van der Waals surface area contributed by atoms with Crippen LogP contribution in [0, 0.1) is 0 Å². The number of thioether (sulfide) groups is 1. The fourth-order valence-corrected chi connectivity index (χ4v) is 5.35. The molecule has 2 N–H and O–H groups in total. The van der Waals surface area contributed by atoms with Gasteiger partial charge in [0, 0.05) is 18.8 Å². The number of carbonyl (C=O) groups is 1. The number of sulfonamides is 1. The van der Waals surface area contributed by atoms with Crippen molar-refractivity contribution in [1.29, 1.82) is 0 Å². The van der Waals surface area contributed by atoms with Crippen LogP contribution >= 0.6 is 11.8 Å². The van der Waals surface area contributed by atoms with Gasteiger partial charge in [0.05, 0.1) is 16.3 Å². The molecule has 0 atom stereocenters. The number of hydrogen-bond acceptors (Lipinski definition) is 8. The van der Waals surface area contributed by atoms with E-state index in [-0.39, 0.29) is 22.3 Å². The van der Waals surface area contributed by atoms with E-state index in [1.54, 1.807) is 24.3 Å². The second-order valence-electron chi connectivity index (χ2n) is 6.86. The fraction of sp³-hybridized carbons (Fsp3) is 0.263. The Balaban J connectivity index is 1.36. The van der Waals surface area contributed by atoms with E-state index < -0.39 is 10.0 Å². The maximum Gasteiger partial charge on any atom is 0.243 e. The molecule has 12 heteroatoms. The molecule has 1 aliphatic heterocycles. The molecular weight excluding hydrogens is 440 g/mol. The number of nitrogens with one attached hydrogen (secondary N) is 1. The number of tetrazole rings is 1. The SMILES string of the molecule is O=C(CSc1nnnn1-c1ccc(O)cc1)Nc1ccc(S(=O)(=O)N2CCCC2)cc1. The first-order valence-electron chi connectivity index (χ1n) is 9.54. The van der Waals surface area contributed by atoms with Crippen molar-refractivity contribution in [2.24, 2.45) is 0 Å². The maximum atomic E-state index is 12.6. The predicted molar refractivity (Wildman–Crippen MR) is 115 cm³/mol. The van der Waals surface area contributed by atoms with Crippen molar-refractivity contribution < 1.29 is 18.3 Å². The number of anilines is 1. The Morgan fingerprint density at radius 1 is 1.06 bits per heavy atom. The third kappa shape index (κ3) is 4.86. The van der Waals surface area contributed by atoms with Crippen LogP contribution in [0.2, 0.25) is 0 Å². The molecule has 1 saturated heterocycles. The van der Waals surface area contributed by atoms with Gasteiger partial charge in [-0.15, -0.1) is 5.10 Å². The van der Waals surface area contributed by atoms with Gasteiger partial charge < -0.3 is 10.4 Å². The maximum absolute atomic E-state index is 12.6. The van der Waals surface area contributed by atoms with Crippen LogP contribution in [0.1, 0.15) is 12.8 Å². The standard InChI is InChI=1S/C19H20N6O4S2/c26-16-7-5-15(6-8-16)25-19(21-22-23-25)30-13-18(27)20-14-3-9-17(10-4-14)31(28,29)24-11-1-2-12-24/h3-10,26H,1-2,11-13H2,(H,20,27). The summed E-state index contributed by atoms with van der Waals surface area (Å²) >= 11 is 1.15. The average molecular weight is 461 g/mol. The second-order valence-corrected chi connectivity index (χ2v) is 9.74. The number of benzene rings is 2. The third-order valence-electron chi connectivity index (χ3n) is 4.71. The molecule has 0 spiro atoms. The summed E-state index contributed by atoms with van der Waals surface area (Å²) in [6.07, 6.45) is 1.75. The minimum Gasteiger partial charge on any atom is -0.508 e. The number of phenols is 1. The van der Waals surface area contributed by atoms with Gasteiger partial charge in [0.1, 0.15) is 5.75 Å². The first-order chi connectivity index (χ1) is 14.9. The first kappa shape index (κ1) is 21.3. The lowest BCUT2D eigenvalue weighted by Gasteiger charge is -2.15. The molecule has 2 heterocycles. The quantitative estimate of drug-likeness (QED) is 0.511. The van der Waals surface area contributed by atoms with Crippen molar-refractivity contribution in [2.45, 2.75) is 22.9 Å². The van der Waals surface area contributed by atoms with Crippen molar-refractivity contribution in [3.8, 4) is 11.4 Å². The number of phenolic OH excluding ortho intramolecular Hbond substituents is 1. The number of nitrogens with zero attached hydrogens (tertiary/aromatic N) is 5. The summed E-state index contributed by atoms with van der Waals surface area (Å²) in [4.78, 5) is 12.5. The van der Waals surface area contributed by atoms with E-state index in [9.17, 15) is 18.3 Å². The molecule has 1 fully saturated rings. The zero-order valence-corrected chi connectivity index (χ0v) is 18.0. The van der Waals surface area contributed by atoms with E-state index in [1.807, 2.05) is 0 Å². The molecular formula is C19H20N6O4S2. The van der Waals surface area contributed by atoms with Crippen LogP contribution in [0.5, 0.6) is 5.75 Å². The Hall–Kier alpha value is -2.96. The summed E-state index contributed by atoms with van der Waals surface area (Å²) in [7, 11) is -3.48. The van der Waals surface area contributed by atoms with Crippen molar-refractivity contribution in [3.05, 3.63) is 48.5 Å². The van der Waals surface area contributed by atoms with Crippen molar-refractivity contribution in [1.82, 2.24) is 24.5 Å². The second kappa shape index (κ2) is 9.04. The molecule has 1 aromatic heterocycles. The molecule has 3 aromatic rings. The van der Waals surface area contributed by atoms with Gasteiger partial charge in [-0.1, -0.05) is 11.8 Å². The highest BCUT2D eigenvalue weighted by Crippen LogP contribution is 2.23. The van der Waals surface area contributed by atoms with E-state index in [4.69, 9.17) is 0 Å². The van der Waals surface area contributed by atoms with E-state index in [1.165, 1.54) is 33.3 Å². The lowest BCUT2D eigenvalue weighted by molar-refractivity contribution is -0.113. The van der Waals surface area contributed by atoms with Gasteiger partial charge in [-0.05, 0) is 71.8 Å². The topological polar surface area (TPSA) is 130 Å². The highest BCUT2D eigenvalue weighted by Gasteiger charge is 2.26. The molecule has 1 aliphatic rings. The predicted octanol–water partition coefficient (Wildman–Crippen LogP) is 1.88. The lowest BCUT2D eigenvalue weighted by atomic mass is 10.3. The van der Waals surface area contributed by atoms with Gasteiger partial charge in [0.15, 0.2) is 0 Å². The van der Waals surface area contributed by atoms with Crippen LogP contribution in [0.3, 0.4) is 0 Å². The molecule has 0 saturated carbocycles. The molecule has 10 nitrogen and oxygen atoms in total. The molecule has 162 valence electrons. The molecule has 0 unspecified atom stereocenters. The summed E-state index contributed by atoms with van der Waals surface area (Å²) < 4.78 is 28.1. The number of aromatic hydroxyl groups is 1. The Labute approximate surface area is 183 Å². The normalized spacial score (nSPS) is 14.6. The number of carbonyl (C=O) groups excluding carboxylic acids is 1. The van der Waals surface area contributed by atoms with E-state index in [2.05, 4.69) is 20.8 Å². The summed E-state index contributed by atoms with van der Waals surface area (Å²) in [5.41, 5.74) is 1.16. The van der Waals surface area contributed by atoms with E-state index in [0.29, 0.717) is 29.6 Å². The zero-order chi connectivity index (χ0) is 21.8. The molecule has 1 amide bonds. The molecule has 2 aromatic carbocycles. The Bertz CT molecular complexity index is 1160. The summed E-state index contributed by atoms with van der Waals surface area (Å²) in [6, 6.07) is 12.5. The molecule has 0 bridgehead atoms. The number of amides is 1. The molecule has 0 aliphatic carbocycles. The van der Waals surface area contributed by atoms with Crippen molar-refractivity contribution >= 4 is 33.4 Å². The highest BCUT2D eigenvalue weighted by molar-refractivity contribution is 7.99. The zero-order valence-electron chi connectivity index (χ0n) is 16.4. The summed E-state index contributed by atoms with van der Waals surface area (Å²) in [5, 5.41) is 24.0. The van der Waals surface area contributed by atoms with Gasteiger partial charge in [-0.3, -0.25) is 4.79 Å². The van der Waals surface area contributed by atoms with Crippen LogP contribution in [-0.4, -0.2) is 62.8 Å². The van der Waals surface area contributed by atoms with Crippen LogP contribution < -0.4 is 5.32 Å². The van der Waals surface area contributed by atoms with Gasteiger partial charge >= 0.3 is 0 Å². The van der Waals surface area contributed by atoms with Gasteiger partial charge in [0.2, 0.25) is 21.1 Å². The van der Waals surface area contributed by atoms with Crippen LogP contribution in [0.4, 0.5) is 5.69 Å². The molecule has 31 heavy (non-hydrogen) atoms. The molecule has 0 radical (unpaired) electrons. The monoisotopic (exact) mass is 460 g/mol. The molecule has 4 rings (SSSR count). The number of hydrogen-bond donors (Lipinski definition) is 2. The lowest BCUT2D eigenvalue weighted by Crippen LogP contribution is -2.27. The summed E-state index contributed by atoms with van der Waals surface area (Å²) in [6.45, 7) is 1.09. The Morgan fingerprint density at radius 3 is 2.42 bits per heavy atom. The Morgan fingerprint density at radius 2 is 1.74 bits per heavy atom. The van der Waals surface area contributed by atoms with Crippen LogP contribution in [-0.2, 0) is 14.8 Å². The number of aromatic nitrogens is 4. The van der Waals surface area contributed by atoms with Crippen LogP contribution in [0.15, 0.2) is 58.6 Å². The van der Waals surface area contributed by atoms with Crippen molar-refractivity contribution in [3.63, 3.8) is 0 Å². The minimum atomic E-state index is -3.48. The van der Waals surface area contributed by atoms with E-state index in [0.717, 1.165) is 24.6 Å². The fourth-order valence-electron chi connectivity index (χ4n) is 3.14. The largest absolute Gasteiger partial charge is 0.508 e.